The van der Waals surface area contributed by atoms with Crippen molar-refractivity contribution in [3.05, 3.63) is 0 Å². The first-order chi connectivity index (χ1) is 5.81. The van der Waals surface area contributed by atoms with Crippen molar-refractivity contribution >= 4 is 5.97 Å². The highest BCUT2D eigenvalue weighted by atomic mass is 17.2. The summed E-state index contributed by atoms with van der Waals surface area (Å²) in [5, 5.41) is 0. The van der Waals surface area contributed by atoms with Crippen LogP contribution in [0.5, 0.6) is 0 Å². The molecule has 0 aromatic rings. The van der Waals surface area contributed by atoms with Crippen LogP contribution in [-0.4, -0.2) is 12.6 Å². The molecule has 12 heavy (non-hydrogen) atoms. The number of rotatable bonds is 7. The molecule has 0 atom stereocenters. The molecule has 0 aliphatic rings. The summed E-state index contributed by atoms with van der Waals surface area (Å²) in [5.74, 6) is -0.257. The molecule has 0 amide bonds. The van der Waals surface area contributed by atoms with E-state index in [-0.39, 0.29) is 5.97 Å². The number of carbonyl (C=O) groups excluding carboxylic acids is 1. The minimum Gasteiger partial charge on any atom is -0.298 e. The molecule has 0 radical (unpaired) electrons. The van der Waals surface area contributed by atoms with Gasteiger partial charge >= 0.3 is 5.97 Å². The van der Waals surface area contributed by atoms with Crippen LogP contribution in [0.25, 0.3) is 0 Å². The van der Waals surface area contributed by atoms with Gasteiger partial charge in [-0.1, -0.05) is 26.7 Å². The van der Waals surface area contributed by atoms with Crippen molar-refractivity contribution in [3.63, 3.8) is 0 Å². The molecule has 0 N–H and O–H groups in total. The Bertz CT molecular complexity index is 112. The van der Waals surface area contributed by atoms with E-state index in [2.05, 4.69) is 16.7 Å². The van der Waals surface area contributed by atoms with Gasteiger partial charge < -0.3 is 0 Å². The smallest absolute Gasteiger partial charge is 0.298 e. The zero-order valence-electron chi connectivity index (χ0n) is 7.97. The number of hydrogen-bond acceptors (Lipinski definition) is 3. The van der Waals surface area contributed by atoms with Crippen molar-refractivity contribution in [1.82, 2.24) is 0 Å². The topological polar surface area (TPSA) is 35.5 Å². The van der Waals surface area contributed by atoms with E-state index in [0.29, 0.717) is 13.0 Å². The van der Waals surface area contributed by atoms with Crippen molar-refractivity contribution in [2.45, 2.75) is 46.0 Å². The lowest BCUT2D eigenvalue weighted by Crippen LogP contribution is -2.05. The Morgan fingerprint density at radius 2 is 1.83 bits per heavy atom. The van der Waals surface area contributed by atoms with Crippen LogP contribution in [0.1, 0.15) is 46.0 Å². The van der Waals surface area contributed by atoms with Crippen molar-refractivity contribution < 1.29 is 14.6 Å². The normalized spacial score (nSPS) is 9.83. The minimum atomic E-state index is -0.257. The summed E-state index contributed by atoms with van der Waals surface area (Å²) in [6.45, 7) is 4.60. The maximum atomic E-state index is 10.8. The molecular formula is C9H18O3. The van der Waals surface area contributed by atoms with Crippen LogP contribution in [-0.2, 0) is 14.6 Å². The lowest BCUT2D eigenvalue weighted by Gasteiger charge is -2.01. The molecule has 0 fully saturated rings. The Morgan fingerprint density at radius 3 is 2.42 bits per heavy atom. The molecule has 0 heterocycles. The van der Waals surface area contributed by atoms with E-state index in [1.54, 1.807) is 0 Å². The molecule has 0 saturated heterocycles. The van der Waals surface area contributed by atoms with Crippen molar-refractivity contribution in [2.24, 2.45) is 0 Å². The first-order valence-electron chi connectivity index (χ1n) is 4.63. The van der Waals surface area contributed by atoms with E-state index in [4.69, 9.17) is 0 Å². The SMILES string of the molecule is CCCCOOC(=O)CCCC. The largest absolute Gasteiger partial charge is 0.342 e. The summed E-state index contributed by atoms with van der Waals surface area (Å²) in [4.78, 5) is 20.0. The third-order valence-electron chi connectivity index (χ3n) is 1.47. The molecule has 0 aliphatic carbocycles. The van der Waals surface area contributed by atoms with Gasteiger partial charge in [-0.2, -0.15) is 4.89 Å². The molecule has 0 saturated carbocycles. The maximum Gasteiger partial charge on any atom is 0.342 e. The predicted octanol–water partition coefficient (Wildman–Crippen LogP) is 2.45. The summed E-state index contributed by atoms with van der Waals surface area (Å²) >= 11 is 0. The highest BCUT2D eigenvalue weighted by molar-refractivity contribution is 5.68. The van der Waals surface area contributed by atoms with Crippen molar-refractivity contribution in [1.29, 1.82) is 0 Å². The molecule has 0 aliphatic heterocycles. The Labute approximate surface area is 74.0 Å². The van der Waals surface area contributed by atoms with Gasteiger partial charge in [0.25, 0.3) is 0 Å². The molecule has 0 aromatic carbocycles. The molecule has 0 rings (SSSR count). The summed E-state index contributed by atoms with van der Waals surface area (Å²) in [6, 6.07) is 0. The molecule has 0 bridgehead atoms. The van der Waals surface area contributed by atoms with Gasteiger partial charge in [-0.15, -0.1) is 0 Å². The fraction of sp³-hybridized carbons (Fsp3) is 0.889. The molecule has 0 aromatic heterocycles. The Balaban J connectivity index is 3.08. The van der Waals surface area contributed by atoms with Crippen molar-refractivity contribution in [3.8, 4) is 0 Å². The summed E-state index contributed by atoms with van der Waals surface area (Å²) in [6.07, 6.45) is 4.32. The first kappa shape index (κ1) is 11.4. The second kappa shape index (κ2) is 8.53. The highest BCUT2D eigenvalue weighted by Crippen LogP contribution is 1.97. The second-order valence-corrected chi connectivity index (χ2v) is 2.73. The minimum absolute atomic E-state index is 0.257. The Hall–Kier alpha value is -0.570. The van der Waals surface area contributed by atoms with Crippen LogP contribution in [0.4, 0.5) is 0 Å². The fourth-order valence-electron chi connectivity index (χ4n) is 0.673. The van der Waals surface area contributed by atoms with E-state index in [9.17, 15) is 4.79 Å². The van der Waals surface area contributed by atoms with Gasteiger partial charge in [0.2, 0.25) is 0 Å². The lowest BCUT2D eigenvalue weighted by atomic mass is 10.3. The van der Waals surface area contributed by atoms with Crippen LogP contribution in [0.2, 0.25) is 0 Å². The van der Waals surface area contributed by atoms with E-state index >= 15 is 0 Å². The van der Waals surface area contributed by atoms with E-state index < -0.39 is 0 Å². The number of hydrogen-bond donors (Lipinski definition) is 0. The van der Waals surface area contributed by atoms with E-state index in [1.807, 2.05) is 6.92 Å². The first-order valence-corrected chi connectivity index (χ1v) is 4.63. The molecule has 72 valence electrons. The summed E-state index contributed by atoms with van der Waals surface area (Å²) < 4.78 is 0. The van der Waals surface area contributed by atoms with Crippen LogP contribution >= 0.6 is 0 Å². The number of unbranched alkanes of at least 4 members (excludes halogenated alkanes) is 2. The van der Waals surface area contributed by atoms with Gasteiger partial charge in [-0.05, 0) is 12.8 Å². The molecular weight excluding hydrogens is 156 g/mol. The Morgan fingerprint density at radius 1 is 1.17 bits per heavy atom. The van der Waals surface area contributed by atoms with Gasteiger partial charge in [0.05, 0.1) is 6.61 Å². The second-order valence-electron chi connectivity index (χ2n) is 2.73. The number of carbonyl (C=O) groups is 1. The Kier molecular flexibility index (Phi) is 8.12. The molecule has 3 nitrogen and oxygen atoms in total. The molecule has 3 heteroatoms. The zero-order valence-corrected chi connectivity index (χ0v) is 7.97. The predicted molar refractivity (Wildman–Crippen MR) is 46.5 cm³/mol. The molecule has 0 unspecified atom stereocenters. The van der Waals surface area contributed by atoms with Gasteiger partial charge in [0.1, 0.15) is 0 Å². The van der Waals surface area contributed by atoms with Gasteiger partial charge in [-0.3, -0.25) is 4.89 Å². The van der Waals surface area contributed by atoms with Gasteiger partial charge in [0, 0.05) is 6.42 Å². The third-order valence-corrected chi connectivity index (χ3v) is 1.47. The van der Waals surface area contributed by atoms with E-state index in [1.165, 1.54) is 0 Å². The monoisotopic (exact) mass is 174 g/mol. The standard InChI is InChI=1S/C9H18O3/c1-3-5-7-9(10)12-11-8-6-4-2/h3-8H2,1-2H3. The van der Waals surface area contributed by atoms with Crippen LogP contribution in [0, 0.1) is 0 Å². The van der Waals surface area contributed by atoms with E-state index in [0.717, 1.165) is 25.7 Å². The van der Waals surface area contributed by atoms with Crippen LogP contribution in [0.3, 0.4) is 0 Å². The zero-order chi connectivity index (χ0) is 9.23. The summed E-state index contributed by atoms with van der Waals surface area (Å²) in [5.41, 5.74) is 0. The van der Waals surface area contributed by atoms with Crippen molar-refractivity contribution in [2.75, 3.05) is 6.61 Å². The molecule has 0 spiro atoms. The quantitative estimate of drug-likeness (QED) is 0.338. The third kappa shape index (κ3) is 7.54. The highest BCUT2D eigenvalue weighted by Gasteiger charge is 2.01. The average Bonchev–Trinajstić information content (AvgIpc) is 2.09. The lowest BCUT2D eigenvalue weighted by molar-refractivity contribution is -0.272. The van der Waals surface area contributed by atoms with Crippen LogP contribution in [0.15, 0.2) is 0 Å². The average molecular weight is 174 g/mol. The fourth-order valence-corrected chi connectivity index (χ4v) is 0.673. The summed E-state index contributed by atoms with van der Waals surface area (Å²) in [7, 11) is 0. The van der Waals surface area contributed by atoms with Gasteiger partial charge in [-0.25, -0.2) is 4.79 Å². The maximum absolute atomic E-state index is 10.8. The van der Waals surface area contributed by atoms with Gasteiger partial charge in [0.15, 0.2) is 0 Å². The van der Waals surface area contributed by atoms with Crippen LogP contribution < -0.4 is 0 Å².